The molecular formula is C15H23ClN2O3. The Kier molecular flexibility index (Phi) is 7.93. The van der Waals surface area contributed by atoms with Gasteiger partial charge in [0.15, 0.2) is 11.5 Å². The third kappa shape index (κ3) is 5.44. The summed E-state index contributed by atoms with van der Waals surface area (Å²) in [5.74, 6) is 0.775. The largest absolute Gasteiger partial charge is 0.493 e. The Morgan fingerprint density at radius 2 is 2.10 bits per heavy atom. The third-order valence-electron chi connectivity index (χ3n) is 2.83. The first-order valence-corrected chi connectivity index (χ1v) is 7.45. The molecule has 0 fully saturated rings. The Labute approximate surface area is 131 Å². The van der Waals surface area contributed by atoms with Crippen LogP contribution in [-0.4, -0.2) is 39.8 Å². The van der Waals surface area contributed by atoms with E-state index in [2.05, 4.69) is 10.6 Å². The van der Waals surface area contributed by atoms with Gasteiger partial charge in [0.1, 0.15) is 0 Å². The topological polar surface area (TPSA) is 59.6 Å². The van der Waals surface area contributed by atoms with E-state index in [-0.39, 0.29) is 5.91 Å². The molecule has 118 valence electrons. The van der Waals surface area contributed by atoms with Crippen LogP contribution in [0.4, 0.5) is 0 Å². The number of amides is 1. The minimum atomic E-state index is -0.173. The van der Waals surface area contributed by atoms with E-state index in [1.165, 1.54) is 7.11 Å². The summed E-state index contributed by atoms with van der Waals surface area (Å²) in [6, 6.07) is 3.24. The molecule has 0 spiro atoms. The molecular weight excluding hydrogens is 292 g/mol. The van der Waals surface area contributed by atoms with Crippen LogP contribution in [-0.2, 0) is 0 Å². The Bertz CT molecular complexity index is 466. The molecule has 1 rings (SSSR count). The van der Waals surface area contributed by atoms with Gasteiger partial charge in [-0.1, -0.05) is 18.5 Å². The van der Waals surface area contributed by atoms with E-state index in [9.17, 15) is 4.79 Å². The van der Waals surface area contributed by atoms with E-state index in [4.69, 9.17) is 21.1 Å². The van der Waals surface area contributed by atoms with Crippen molar-refractivity contribution in [2.24, 2.45) is 0 Å². The second-order valence-corrected chi connectivity index (χ2v) is 4.96. The predicted octanol–water partition coefficient (Wildman–Crippen LogP) is 2.48. The normalized spacial score (nSPS) is 10.3. The summed E-state index contributed by atoms with van der Waals surface area (Å²) < 4.78 is 10.8. The summed E-state index contributed by atoms with van der Waals surface area (Å²) in [6.07, 6.45) is 1.73. The summed E-state index contributed by atoms with van der Waals surface area (Å²) >= 11 is 6.18. The Morgan fingerprint density at radius 1 is 1.33 bits per heavy atom. The maximum Gasteiger partial charge on any atom is 0.251 e. The fraction of sp³-hybridized carbons (Fsp3) is 0.533. The van der Waals surface area contributed by atoms with Gasteiger partial charge in [-0.25, -0.2) is 0 Å². The van der Waals surface area contributed by atoms with E-state index < -0.39 is 0 Å². The molecule has 1 aromatic rings. The van der Waals surface area contributed by atoms with Crippen molar-refractivity contribution in [2.45, 2.75) is 19.8 Å². The molecule has 0 radical (unpaired) electrons. The molecule has 0 aliphatic rings. The maximum absolute atomic E-state index is 12.1. The molecule has 21 heavy (non-hydrogen) atoms. The maximum atomic E-state index is 12.1. The Hall–Kier alpha value is -1.46. The molecule has 0 saturated heterocycles. The van der Waals surface area contributed by atoms with Gasteiger partial charge in [-0.2, -0.15) is 0 Å². The second-order valence-electron chi connectivity index (χ2n) is 4.55. The van der Waals surface area contributed by atoms with Crippen molar-refractivity contribution in [3.05, 3.63) is 22.7 Å². The number of rotatable bonds is 9. The predicted molar refractivity (Wildman–Crippen MR) is 84.7 cm³/mol. The zero-order valence-electron chi connectivity index (χ0n) is 12.8. The Morgan fingerprint density at radius 3 is 2.71 bits per heavy atom. The standard InChI is InChI=1S/C15H23ClN2O3/c1-4-8-21-14-12(16)9-11(10-13(14)20-3)15(19)18-7-5-6-17-2/h9-10,17H,4-8H2,1-3H3,(H,18,19). The van der Waals surface area contributed by atoms with Gasteiger partial charge < -0.3 is 20.1 Å². The lowest BCUT2D eigenvalue weighted by Gasteiger charge is -2.13. The zero-order chi connectivity index (χ0) is 15.7. The summed E-state index contributed by atoms with van der Waals surface area (Å²) in [6.45, 7) is 4.01. The highest BCUT2D eigenvalue weighted by Gasteiger charge is 2.15. The molecule has 2 N–H and O–H groups in total. The molecule has 0 aromatic heterocycles. The van der Waals surface area contributed by atoms with Crippen LogP contribution in [0.15, 0.2) is 12.1 Å². The van der Waals surface area contributed by atoms with E-state index in [0.717, 1.165) is 19.4 Å². The highest BCUT2D eigenvalue weighted by atomic mass is 35.5. The Balaban J connectivity index is 2.79. The molecule has 0 aliphatic carbocycles. The van der Waals surface area contributed by atoms with Gasteiger partial charge in [0.25, 0.3) is 5.91 Å². The molecule has 5 nitrogen and oxygen atoms in total. The molecule has 0 heterocycles. The van der Waals surface area contributed by atoms with Crippen LogP contribution < -0.4 is 20.1 Å². The number of carbonyl (C=O) groups is 1. The SMILES string of the molecule is CCCOc1c(Cl)cc(C(=O)NCCCNC)cc1OC. The van der Waals surface area contributed by atoms with Crippen LogP contribution in [0.1, 0.15) is 30.1 Å². The first kappa shape index (κ1) is 17.6. The van der Waals surface area contributed by atoms with Gasteiger partial charge in [-0.15, -0.1) is 0 Å². The van der Waals surface area contributed by atoms with Crippen LogP contribution in [0.5, 0.6) is 11.5 Å². The lowest BCUT2D eigenvalue weighted by atomic mass is 10.2. The summed E-state index contributed by atoms with van der Waals surface area (Å²) in [5.41, 5.74) is 0.463. The lowest BCUT2D eigenvalue weighted by molar-refractivity contribution is 0.0953. The van der Waals surface area contributed by atoms with Crippen molar-refractivity contribution < 1.29 is 14.3 Å². The van der Waals surface area contributed by atoms with Gasteiger partial charge in [0.2, 0.25) is 0 Å². The van der Waals surface area contributed by atoms with Crippen molar-refractivity contribution in [3.63, 3.8) is 0 Å². The molecule has 0 atom stereocenters. The monoisotopic (exact) mass is 314 g/mol. The molecule has 0 bridgehead atoms. The highest BCUT2D eigenvalue weighted by Crippen LogP contribution is 2.36. The number of methoxy groups -OCH3 is 1. The lowest BCUT2D eigenvalue weighted by Crippen LogP contribution is -2.26. The van der Waals surface area contributed by atoms with Gasteiger partial charge in [-0.05, 0) is 38.6 Å². The van der Waals surface area contributed by atoms with Crippen molar-refractivity contribution in [2.75, 3.05) is 33.9 Å². The summed E-state index contributed by atoms with van der Waals surface area (Å²) in [4.78, 5) is 12.1. The minimum Gasteiger partial charge on any atom is -0.493 e. The average Bonchev–Trinajstić information content (AvgIpc) is 2.49. The van der Waals surface area contributed by atoms with Crippen molar-refractivity contribution in [1.29, 1.82) is 0 Å². The smallest absolute Gasteiger partial charge is 0.251 e. The summed E-state index contributed by atoms with van der Waals surface area (Å²) in [5, 5.41) is 6.25. The first-order chi connectivity index (χ1) is 10.1. The number of ether oxygens (including phenoxy) is 2. The van der Waals surface area contributed by atoms with Crippen LogP contribution in [0, 0.1) is 0 Å². The first-order valence-electron chi connectivity index (χ1n) is 7.07. The molecule has 6 heteroatoms. The van der Waals surface area contributed by atoms with Crippen LogP contribution in [0.3, 0.4) is 0 Å². The van der Waals surface area contributed by atoms with Gasteiger partial charge in [-0.3, -0.25) is 4.79 Å². The number of hydrogen-bond acceptors (Lipinski definition) is 4. The van der Waals surface area contributed by atoms with E-state index in [0.29, 0.717) is 35.2 Å². The number of hydrogen-bond donors (Lipinski definition) is 2. The van der Waals surface area contributed by atoms with E-state index in [1.807, 2.05) is 14.0 Å². The molecule has 1 amide bonds. The van der Waals surface area contributed by atoms with Gasteiger partial charge >= 0.3 is 0 Å². The summed E-state index contributed by atoms with van der Waals surface area (Å²) in [7, 11) is 3.40. The van der Waals surface area contributed by atoms with Crippen LogP contribution in [0.2, 0.25) is 5.02 Å². The third-order valence-corrected chi connectivity index (χ3v) is 3.11. The number of nitrogens with one attached hydrogen (secondary N) is 2. The average molecular weight is 315 g/mol. The number of carbonyl (C=O) groups excluding carboxylic acids is 1. The fourth-order valence-electron chi connectivity index (χ4n) is 1.76. The van der Waals surface area contributed by atoms with Crippen LogP contribution >= 0.6 is 11.6 Å². The van der Waals surface area contributed by atoms with Crippen molar-refractivity contribution in [3.8, 4) is 11.5 Å². The van der Waals surface area contributed by atoms with Crippen molar-refractivity contribution >= 4 is 17.5 Å². The van der Waals surface area contributed by atoms with Crippen LogP contribution in [0.25, 0.3) is 0 Å². The van der Waals surface area contributed by atoms with Gasteiger partial charge in [0.05, 0.1) is 18.7 Å². The molecule has 1 aromatic carbocycles. The van der Waals surface area contributed by atoms with Crippen molar-refractivity contribution in [1.82, 2.24) is 10.6 Å². The highest BCUT2D eigenvalue weighted by molar-refractivity contribution is 6.32. The fourth-order valence-corrected chi connectivity index (χ4v) is 2.03. The second kappa shape index (κ2) is 9.47. The molecule has 0 aliphatic heterocycles. The number of halogens is 1. The quantitative estimate of drug-likeness (QED) is 0.688. The van der Waals surface area contributed by atoms with Gasteiger partial charge in [0, 0.05) is 12.1 Å². The molecule has 0 unspecified atom stereocenters. The zero-order valence-corrected chi connectivity index (χ0v) is 13.5. The minimum absolute atomic E-state index is 0.173. The van der Waals surface area contributed by atoms with E-state index >= 15 is 0 Å². The van der Waals surface area contributed by atoms with E-state index in [1.54, 1.807) is 12.1 Å². The number of benzene rings is 1. The molecule has 0 saturated carbocycles.